The molecule has 0 saturated heterocycles. The Labute approximate surface area is 86.3 Å². The van der Waals surface area contributed by atoms with Crippen molar-refractivity contribution in [3.63, 3.8) is 0 Å². The fourth-order valence-corrected chi connectivity index (χ4v) is 2.77. The SMILES string of the molecule is COc1ccc2c(c1I)CCC2. The van der Waals surface area contributed by atoms with Crippen molar-refractivity contribution in [2.45, 2.75) is 19.3 Å². The summed E-state index contributed by atoms with van der Waals surface area (Å²) in [5.41, 5.74) is 3.02. The van der Waals surface area contributed by atoms with Gasteiger partial charge < -0.3 is 4.74 Å². The molecule has 0 bridgehead atoms. The lowest BCUT2D eigenvalue weighted by Crippen LogP contribution is -1.92. The predicted molar refractivity (Wildman–Crippen MR) is 57.7 cm³/mol. The Morgan fingerprint density at radius 1 is 1.33 bits per heavy atom. The van der Waals surface area contributed by atoms with Gasteiger partial charge in [0.2, 0.25) is 0 Å². The number of fused-ring (bicyclic) bond motifs is 1. The van der Waals surface area contributed by atoms with E-state index in [0.717, 1.165) is 5.75 Å². The van der Waals surface area contributed by atoms with E-state index in [0.29, 0.717) is 0 Å². The van der Waals surface area contributed by atoms with Crippen molar-refractivity contribution in [1.29, 1.82) is 0 Å². The van der Waals surface area contributed by atoms with E-state index in [2.05, 4.69) is 34.7 Å². The highest BCUT2D eigenvalue weighted by Gasteiger charge is 2.15. The maximum Gasteiger partial charge on any atom is 0.132 e. The first-order valence-electron chi connectivity index (χ1n) is 4.17. The molecule has 0 aliphatic heterocycles. The highest BCUT2D eigenvalue weighted by Crippen LogP contribution is 2.32. The maximum absolute atomic E-state index is 5.26. The third kappa shape index (κ3) is 1.22. The highest BCUT2D eigenvalue weighted by molar-refractivity contribution is 14.1. The molecule has 12 heavy (non-hydrogen) atoms. The normalized spacial score (nSPS) is 14.5. The standard InChI is InChI=1S/C10H11IO/c1-12-9-6-5-7-3-2-4-8(7)10(9)11/h5-6H,2-4H2,1H3. The van der Waals surface area contributed by atoms with E-state index < -0.39 is 0 Å². The number of hydrogen-bond donors (Lipinski definition) is 0. The first-order valence-corrected chi connectivity index (χ1v) is 5.25. The van der Waals surface area contributed by atoms with Crippen LogP contribution in [0.2, 0.25) is 0 Å². The third-order valence-corrected chi connectivity index (χ3v) is 3.58. The summed E-state index contributed by atoms with van der Waals surface area (Å²) < 4.78 is 6.57. The van der Waals surface area contributed by atoms with Crippen LogP contribution in [0.15, 0.2) is 12.1 Å². The molecule has 64 valence electrons. The number of hydrogen-bond acceptors (Lipinski definition) is 1. The van der Waals surface area contributed by atoms with Crippen molar-refractivity contribution in [2.75, 3.05) is 7.11 Å². The number of ether oxygens (including phenoxy) is 1. The molecule has 2 heteroatoms. The van der Waals surface area contributed by atoms with Gasteiger partial charge in [-0.05, 0) is 59.0 Å². The van der Waals surface area contributed by atoms with Crippen LogP contribution in [0.25, 0.3) is 0 Å². The van der Waals surface area contributed by atoms with Crippen LogP contribution in [0.5, 0.6) is 5.75 Å². The molecule has 1 nitrogen and oxygen atoms in total. The lowest BCUT2D eigenvalue weighted by atomic mass is 10.1. The molecule has 0 heterocycles. The summed E-state index contributed by atoms with van der Waals surface area (Å²) >= 11 is 2.38. The van der Waals surface area contributed by atoms with E-state index in [1.54, 1.807) is 7.11 Å². The van der Waals surface area contributed by atoms with Crippen LogP contribution in [0.1, 0.15) is 17.5 Å². The number of methoxy groups -OCH3 is 1. The number of rotatable bonds is 1. The fraction of sp³-hybridized carbons (Fsp3) is 0.400. The largest absolute Gasteiger partial charge is 0.496 e. The van der Waals surface area contributed by atoms with Crippen molar-refractivity contribution < 1.29 is 4.74 Å². The van der Waals surface area contributed by atoms with Gasteiger partial charge in [-0.25, -0.2) is 0 Å². The van der Waals surface area contributed by atoms with Crippen LogP contribution < -0.4 is 4.74 Å². The van der Waals surface area contributed by atoms with Crippen LogP contribution in [-0.4, -0.2) is 7.11 Å². The van der Waals surface area contributed by atoms with E-state index in [-0.39, 0.29) is 0 Å². The van der Waals surface area contributed by atoms with Gasteiger partial charge in [-0.1, -0.05) is 6.07 Å². The molecule has 0 amide bonds. The second kappa shape index (κ2) is 3.24. The summed E-state index contributed by atoms with van der Waals surface area (Å²) in [6, 6.07) is 4.27. The van der Waals surface area contributed by atoms with Crippen molar-refractivity contribution in [2.24, 2.45) is 0 Å². The van der Waals surface area contributed by atoms with Crippen molar-refractivity contribution in [3.8, 4) is 5.75 Å². The predicted octanol–water partition coefficient (Wildman–Crippen LogP) is 2.79. The Morgan fingerprint density at radius 3 is 2.92 bits per heavy atom. The third-order valence-electron chi connectivity index (χ3n) is 2.40. The number of benzene rings is 1. The fourth-order valence-electron chi connectivity index (χ4n) is 1.76. The Bertz CT molecular complexity index is 307. The van der Waals surface area contributed by atoms with Gasteiger partial charge in [-0.3, -0.25) is 0 Å². The molecule has 0 saturated carbocycles. The van der Waals surface area contributed by atoms with Gasteiger partial charge in [0.15, 0.2) is 0 Å². The quantitative estimate of drug-likeness (QED) is 0.715. The topological polar surface area (TPSA) is 9.23 Å². The minimum atomic E-state index is 1.02. The van der Waals surface area contributed by atoms with Gasteiger partial charge in [-0.15, -0.1) is 0 Å². The average molecular weight is 274 g/mol. The Hall–Kier alpha value is -0.250. The van der Waals surface area contributed by atoms with Gasteiger partial charge in [0.05, 0.1) is 10.7 Å². The zero-order chi connectivity index (χ0) is 8.55. The summed E-state index contributed by atoms with van der Waals surface area (Å²) in [6.45, 7) is 0. The molecule has 0 aromatic heterocycles. The Morgan fingerprint density at radius 2 is 2.17 bits per heavy atom. The summed E-state index contributed by atoms with van der Waals surface area (Å²) in [5.74, 6) is 1.02. The lowest BCUT2D eigenvalue weighted by Gasteiger charge is -2.07. The summed E-state index contributed by atoms with van der Waals surface area (Å²) in [7, 11) is 1.73. The number of aryl methyl sites for hydroxylation is 1. The van der Waals surface area contributed by atoms with Crippen LogP contribution in [0.4, 0.5) is 0 Å². The average Bonchev–Trinajstić information content (AvgIpc) is 2.53. The van der Waals surface area contributed by atoms with Crippen molar-refractivity contribution in [1.82, 2.24) is 0 Å². The molecule has 0 atom stereocenters. The molecule has 1 aromatic rings. The van der Waals surface area contributed by atoms with Crippen LogP contribution in [-0.2, 0) is 12.8 Å². The Balaban J connectivity index is 2.54. The van der Waals surface area contributed by atoms with Crippen molar-refractivity contribution >= 4 is 22.6 Å². The van der Waals surface area contributed by atoms with Crippen LogP contribution in [0.3, 0.4) is 0 Å². The smallest absolute Gasteiger partial charge is 0.132 e. The van der Waals surface area contributed by atoms with E-state index in [4.69, 9.17) is 4.74 Å². The second-order valence-electron chi connectivity index (χ2n) is 3.07. The van der Waals surface area contributed by atoms with Crippen LogP contribution >= 0.6 is 22.6 Å². The summed E-state index contributed by atoms with van der Waals surface area (Å²) in [4.78, 5) is 0. The first kappa shape index (κ1) is 8.35. The number of halogens is 1. The molecule has 1 aliphatic rings. The van der Waals surface area contributed by atoms with E-state index in [1.807, 2.05) is 0 Å². The Kier molecular flexibility index (Phi) is 2.26. The minimum Gasteiger partial charge on any atom is -0.496 e. The van der Waals surface area contributed by atoms with Gasteiger partial charge in [0.25, 0.3) is 0 Å². The van der Waals surface area contributed by atoms with Gasteiger partial charge in [0.1, 0.15) is 5.75 Å². The van der Waals surface area contributed by atoms with Crippen molar-refractivity contribution in [3.05, 3.63) is 26.8 Å². The highest BCUT2D eigenvalue weighted by atomic mass is 127. The van der Waals surface area contributed by atoms with Gasteiger partial charge in [0, 0.05) is 0 Å². The van der Waals surface area contributed by atoms with E-state index in [9.17, 15) is 0 Å². The van der Waals surface area contributed by atoms with Crippen LogP contribution in [0, 0.1) is 3.57 Å². The summed E-state index contributed by atoms with van der Waals surface area (Å²) in [6.07, 6.45) is 3.78. The molecular formula is C10H11IO. The minimum absolute atomic E-state index is 1.02. The van der Waals surface area contributed by atoms with E-state index >= 15 is 0 Å². The molecule has 0 spiro atoms. The zero-order valence-corrected chi connectivity index (χ0v) is 9.22. The molecule has 1 aliphatic carbocycles. The summed E-state index contributed by atoms with van der Waals surface area (Å²) in [5, 5.41) is 0. The monoisotopic (exact) mass is 274 g/mol. The second-order valence-corrected chi connectivity index (χ2v) is 4.15. The molecule has 0 N–H and O–H groups in total. The molecule has 0 fully saturated rings. The molecule has 1 aromatic carbocycles. The molecule has 0 unspecified atom stereocenters. The molecule has 2 rings (SSSR count). The lowest BCUT2D eigenvalue weighted by molar-refractivity contribution is 0.411. The molecular weight excluding hydrogens is 263 g/mol. The first-order chi connectivity index (χ1) is 5.83. The maximum atomic E-state index is 5.26. The zero-order valence-electron chi connectivity index (χ0n) is 7.06. The molecule has 0 radical (unpaired) electrons. The van der Waals surface area contributed by atoms with Gasteiger partial charge in [-0.2, -0.15) is 0 Å². The van der Waals surface area contributed by atoms with E-state index in [1.165, 1.54) is 34.0 Å². The van der Waals surface area contributed by atoms with Gasteiger partial charge >= 0.3 is 0 Å².